The van der Waals surface area contributed by atoms with Gasteiger partial charge < -0.3 is 5.32 Å². The summed E-state index contributed by atoms with van der Waals surface area (Å²) in [5.41, 5.74) is 2.00. The number of thiazole rings is 1. The highest BCUT2D eigenvalue weighted by Crippen LogP contribution is 2.36. The van der Waals surface area contributed by atoms with Crippen LogP contribution in [0, 0.1) is 12.7 Å². The molecule has 0 aliphatic carbocycles. The molecule has 1 N–H and O–H groups in total. The Bertz CT molecular complexity index is 1160. The number of hydrogen-bond acceptors (Lipinski definition) is 7. The minimum Gasteiger partial charge on any atom is -0.325 e. The molecule has 0 fully saturated rings. The first-order chi connectivity index (χ1) is 13.5. The van der Waals surface area contributed by atoms with Crippen molar-refractivity contribution < 1.29 is 9.18 Å². The second kappa shape index (κ2) is 8.12. The quantitative estimate of drug-likeness (QED) is 0.398. The minimum atomic E-state index is -0.531. The van der Waals surface area contributed by atoms with Gasteiger partial charge in [0.1, 0.15) is 22.1 Å². The molecule has 3 heterocycles. The SMILES string of the molecule is Cc1nc2c(SCC(=O)Nc3ccc(F)c(Cl)c3)nnc(-c3cccs3)c2s1. The van der Waals surface area contributed by atoms with Gasteiger partial charge >= 0.3 is 0 Å². The maximum Gasteiger partial charge on any atom is 0.234 e. The summed E-state index contributed by atoms with van der Waals surface area (Å²) in [6, 6.07) is 8.01. The van der Waals surface area contributed by atoms with Gasteiger partial charge in [-0.05, 0) is 36.6 Å². The number of carbonyl (C=O) groups is 1. The Morgan fingerprint density at radius 3 is 2.93 bits per heavy atom. The Kier molecular flexibility index (Phi) is 5.58. The fraction of sp³-hybridized carbons (Fsp3) is 0.111. The second-order valence-corrected chi connectivity index (χ2v) is 9.23. The lowest BCUT2D eigenvalue weighted by atomic mass is 10.3. The van der Waals surface area contributed by atoms with E-state index in [0.717, 1.165) is 25.8 Å². The van der Waals surface area contributed by atoms with E-state index in [4.69, 9.17) is 11.6 Å². The Morgan fingerprint density at radius 2 is 2.18 bits per heavy atom. The highest BCUT2D eigenvalue weighted by molar-refractivity contribution is 8.00. The summed E-state index contributed by atoms with van der Waals surface area (Å²) in [4.78, 5) is 17.9. The summed E-state index contributed by atoms with van der Waals surface area (Å²) in [7, 11) is 0. The number of aryl methyl sites for hydroxylation is 1. The van der Waals surface area contributed by atoms with Crippen molar-refractivity contribution in [3.05, 3.63) is 51.6 Å². The van der Waals surface area contributed by atoms with Crippen LogP contribution in [0.1, 0.15) is 5.01 Å². The van der Waals surface area contributed by atoms with Gasteiger partial charge in [0.2, 0.25) is 5.91 Å². The monoisotopic (exact) mass is 450 g/mol. The van der Waals surface area contributed by atoms with Crippen LogP contribution in [0.4, 0.5) is 10.1 Å². The molecule has 0 saturated carbocycles. The topological polar surface area (TPSA) is 67.8 Å². The van der Waals surface area contributed by atoms with E-state index in [-0.39, 0.29) is 16.7 Å². The number of thioether (sulfide) groups is 1. The van der Waals surface area contributed by atoms with Gasteiger partial charge in [0.25, 0.3) is 0 Å². The standard InChI is InChI=1S/C18H12ClFN4OS3/c1-9-21-16-17(28-9)15(13-3-2-6-26-13)23-24-18(16)27-8-14(25)22-10-4-5-12(20)11(19)7-10/h2-7H,8H2,1H3,(H,22,25). The minimum absolute atomic E-state index is 0.0415. The first-order valence-corrected chi connectivity index (χ1v) is 11.1. The van der Waals surface area contributed by atoms with Crippen molar-refractivity contribution in [2.75, 3.05) is 11.1 Å². The highest BCUT2D eigenvalue weighted by atomic mass is 35.5. The Balaban J connectivity index is 1.53. The third-order valence-electron chi connectivity index (χ3n) is 3.69. The van der Waals surface area contributed by atoms with Crippen molar-refractivity contribution in [2.24, 2.45) is 0 Å². The number of benzene rings is 1. The van der Waals surface area contributed by atoms with Gasteiger partial charge in [0, 0.05) is 5.69 Å². The summed E-state index contributed by atoms with van der Waals surface area (Å²) in [5, 5.41) is 14.8. The van der Waals surface area contributed by atoms with E-state index in [1.165, 1.54) is 30.0 Å². The molecule has 28 heavy (non-hydrogen) atoms. The third kappa shape index (κ3) is 4.02. The van der Waals surface area contributed by atoms with E-state index >= 15 is 0 Å². The zero-order valence-electron chi connectivity index (χ0n) is 14.4. The molecule has 0 bridgehead atoms. The molecular weight excluding hydrogens is 439 g/mol. The van der Waals surface area contributed by atoms with Crippen molar-refractivity contribution in [2.45, 2.75) is 11.9 Å². The van der Waals surface area contributed by atoms with Crippen LogP contribution >= 0.6 is 46.0 Å². The molecule has 0 spiro atoms. The lowest BCUT2D eigenvalue weighted by Gasteiger charge is -2.06. The van der Waals surface area contributed by atoms with Gasteiger partial charge in [0.15, 0.2) is 0 Å². The molecule has 3 aromatic heterocycles. The zero-order chi connectivity index (χ0) is 19.7. The lowest BCUT2D eigenvalue weighted by molar-refractivity contribution is -0.113. The van der Waals surface area contributed by atoms with Crippen LogP contribution in [0.5, 0.6) is 0 Å². The van der Waals surface area contributed by atoms with Crippen molar-refractivity contribution in [1.29, 1.82) is 0 Å². The maximum absolute atomic E-state index is 13.2. The van der Waals surface area contributed by atoms with E-state index in [9.17, 15) is 9.18 Å². The van der Waals surface area contributed by atoms with Crippen LogP contribution < -0.4 is 5.32 Å². The molecule has 1 amide bonds. The number of carbonyl (C=O) groups excluding carboxylic acids is 1. The highest BCUT2D eigenvalue weighted by Gasteiger charge is 2.17. The molecule has 1 aromatic carbocycles. The zero-order valence-corrected chi connectivity index (χ0v) is 17.6. The van der Waals surface area contributed by atoms with Crippen LogP contribution in [0.2, 0.25) is 5.02 Å². The average molecular weight is 451 g/mol. The van der Waals surface area contributed by atoms with Crippen LogP contribution in [0.15, 0.2) is 40.7 Å². The fourth-order valence-corrected chi connectivity index (χ4v) is 5.16. The van der Waals surface area contributed by atoms with Gasteiger partial charge in [-0.15, -0.1) is 32.9 Å². The number of fused-ring (bicyclic) bond motifs is 1. The normalized spacial score (nSPS) is 11.1. The third-order valence-corrected chi connectivity index (χ3v) is 6.79. The molecular formula is C18H12ClFN4OS3. The van der Waals surface area contributed by atoms with Crippen molar-refractivity contribution in [3.8, 4) is 10.6 Å². The number of halogens is 2. The summed E-state index contributed by atoms with van der Waals surface area (Å²) in [5.74, 6) is -0.665. The van der Waals surface area contributed by atoms with Gasteiger partial charge in [-0.1, -0.05) is 29.4 Å². The Labute approximate surface area is 177 Å². The number of hydrogen-bond donors (Lipinski definition) is 1. The molecule has 0 saturated heterocycles. The van der Waals surface area contributed by atoms with Crippen LogP contribution in [-0.4, -0.2) is 26.8 Å². The summed E-state index contributed by atoms with van der Waals surface area (Å²) >= 11 is 10.2. The molecule has 142 valence electrons. The van der Waals surface area contributed by atoms with Crippen molar-refractivity contribution in [3.63, 3.8) is 0 Å². The number of nitrogens with zero attached hydrogens (tertiary/aromatic N) is 3. The largest absolute Gasteiger partial charge is 0.325 e. The number of thiophene rings is 1. The number of aromatic nitrogens is 3. The van der Waals surface area contributed by atoms with Gasteiger partial charge in [-0.3, -0.25) is 4.79 Å². The summed E-state index contributed by atoms with van der Waals surface area (Å²) in [6.45, 7) is 1.93. The number of nitrogens with one attached hydrogen (secondary N) is 1. The summed E-state index contributed by atoms with van der Waals surface area (Å²) < 4.78 is 14.2. The number of rotatable bonds is 5. The van der Waals surface area contributed by atoms with E-state index in [1.807, 2.05) is 24.4 Å². The van der Waals surface area contributed by atoms with Gasteiger partial charge in [0.05, 0.1) is 25.4 Å². The molecule has 0 aliphatic rings. The summed E-state index contributed by atoms with van der Waals surface area (Å²) in [6.07, 6.45) is 0. The van der Waals surface area contributed by atoms with E-state index in [1.54, 1.807) is 22.7 Å². The molecule has 0 atom stereocenters. The molecule has 0 unspecified atom stereocenters. The van der Waals surface area contributed by atoms with Gasteiger partial charge in [-0.25, -0.2) is 9.37 Å². The maximum atomic E-state index is 13.2. The van der Waals surface area contributed by atoms with Crippen molar-refractivity contribution in [1.82, 2.24) is 15.2 Å². The van der Waals surface area contributed by atoms with Crippen molar-refractivity contribution >= 4 is 67.8 Å². The predicted octanol–water partition coefficient (Wildman–Crippen LogP) is 5.65. The lowest BCUT2D eigenvalue weighted by Crippen LogP contribution is -2.14. The average Bonchev–Trinajstić information content (AvgIpc) is 3.32. The first kappa shape index (κ1) is 19.3. The van der Waals surface area contributed by atoms with Gasteiger partial charge in [-0.2, -0.15) is 0 Å². The predicted molar refractivity (Wildman–Crippen MR) is 114 cm³/mol. The number of amides is 1. The molecule has 0 radical (unpaired) electrons. The second-order valence-electron chi connectivity index (χ2n) is 5.71. The van der Waals surface area contributed by atoms with Crippen LogP contribution in [0.25, 0.3) is 20.8 Å². The van der Waals surface area contributed by atoms with Crippen LogP contribution in [-0.2, 0) is 4.79 Å². The van der Waals surface area contributed by atoms with E-state index < -0.39 is 5.82 Å². The number of anilines is 1. The molecule has 10 heteroatoms. The molecule has 4 aromatic rings. The Morgan fingerprint density at radius 1 is 1.32 bits per heavy atom. The smallest absolute Gasteiger partial charge is 0.234 e. The van der Waals surface area contributed by atoms with E-state index in [0.29, 0.717) is 10.7 Å². The Hall–Kier alpha value is -2.07. The molecule has 4 rings (SSSR count). The van der Waals surface area contributed by atoms with E-state index in [2.05, 4.69) is 20.5 Å². The molecule has 5 nitrogen and oxygen atoms in total. The fourth-order valence-electron chi connectivity index (χ4n) is 2.50. The molecule has 0 aliphatic heterocycles. The first-order valence-electron chi connectivity index (χ1n) is 8.06. The van der Waals surface area contributed by atoms with Crippen LogP contribution in [0.3, 0.4) is 0 Å².